The first kappa shape index (κ1) is 26.7. The molecule has 180 valence electrons. The van der Waals surface area contributed by atoms with E-state index < -0.39 is 28.5 Å². The summed E-state index contributed by atoms with van der Waals surface area (Å²) >= 11 is 5.98. The van der Waals surface area contributed by atoms with E-state index in [1.165, 1.54) is 4.90 Å². The largest absolute Gasteiger partial charge is 0.354 e. The van der Waals surface area contributed by atoms with Crippen LogP contribution in [-0.2, 0) is 26.2 Å². The van der Waals surface area contributed by atoms with E-state index >= 15 is 0 Å². The van der Waals surface area contributed by atoms with Gasteiger partial charge in [0.05, 0.1) is 11.9 Å². The minimum atomic E-state index is -3.75. The van der Waals surface area contributed by atoms with Gasteiger partial charge < -0.3 is 10.2 Å². The van der Waals surface area contributed by atoms with Gasteiger partial charge in [-0.05, 0) is 56.5 Å². The quantitative estimate of drug-likeness (QED) is 0.547. The molecule has 9 heteroatoms. The molecular formula is C24H32ClN3O4S. The van der Waals surface area contributed by atoms with Crippen LogP contribution >= 0.6 is 11.6 Å². The Kier molecular flexibility index (Phi) is 9.31. The summed E-state index contributed by atoms with van der Waals surface area (Å²) in [4.78, 5) is 27.5. The van der Waals surface area contributed by atoms with Crippen LogP contribution in [0.3, 0.4) is 0 Å². The van der Waals surface area contributed by atoms with E-state index in [9.17, 15) is 18.0 Å². The zero-order valence-corrected chi connectivity index (χ0v) is 21.3. The van der Waals surface area contributed by atoms with Crippen LogP contribution in [0.15, 0.2) is 42.5 Å². The van der Waals surface area contributed by atoms with Crippen LogP contribution in [0.25, 0.3) is 0 Å². The lowest BCUT2D eigenvalue weighted by atomic mass is 10.1. The number of hydrogen-bond acceptors (Lipinski definition) is 4. The van der Waals surface area contributed by atoms with E-state index in [1.54, 1.807) is 50.2 Å². The second-order valence-electron chi connectivity index (χ2n) is 8.17. The lowest BCUT2D eigenvalue weighted by Crippen LogP contribution is -2.51. The number of carbonyl (C=O) groups excluding carboxylic acids is 2. The van der Waals surface area contributed by atoms with Gasteiger partial charge in [0.25, 0.3) is 0 Å². The van der Waals surface area contributed by atoms with Crippen molar-refractivity contribution in [3.8, 4) is 0 Å². The van der Waals surface area contributed by atoms with Gasteiger partial charge in [0.15, 0.2) is 0 Å². The molecule has 0 heterocycles. The number of benzene rings is 2. The molecule has 0 saturated carbocycles. The maximum Gasteiger partial charge on any atom is 0.244 e. The molecule has 0 aliphatic rings. The third-order valence-electron chi connectivity index (χ3n) is 5.28. The van der Waals surface area contributed by atoms with E-state index in [0.29, 0.717) is 17.3 Å². The zero-order chi connectivity index (χ0) is 24.8. The van der Waals surface area contributed by atoms with Crippen LogP contribution < -0.4 is 9.62 Å². The van der Waals surface area contributed by atoms with E-state index in [2.05, 4.69) is 5.32 Å². The van der Waals surface area contributed by atoms with Gasteiger partial charge in [0, 0.05) is 18.1 Å². The van der Waals surface area contributed by atoms with Gasteiger partial charge in [-0.2, -0.15) is 0 Å². The first-order valence-electron chi connectivity index (χ1n) is 10.8. The van der Waals surface area contributed by atoms with Gasteiger partial charge in [-0.15, -0.1) is 0 Å². The predicted octanol–water partition coefficient (Wildman–Crippen LogP) is 3.67. The standard InChI is InChI=1S/C24H32ClN3O4S/c1-6-13-26-24(30)19(4)27(15-20-8-10-21(25)11-9-20)23(29)16-28(33(5,31)32)22-12-7-17(2)14-18(22)3/h7-12,14,19H,6,13,15-16H2,1-5H3,(H,26,30)/t19-/m1/s1. The lowest BCUT2D eigenvalue weighted by molar-refractivity contribution is -0.139. The number of anilines is 1. The molecule has 2 aromatic rings. The van der Waals surface area contributed by atoms with Crippen molar-refractivity contribution in [3.05, 3.63) is 64.2 Å². The molecule has 2 rings (SSSR count). The second-order valence-corrected chi connectivity index (χ2v) is 10.5. The number of nitrogens with one attached hydrogen (secondary N) is 1. The second kappa shape index (κ2) is 11.5. The number of amides is 2. The molecule has 0 radical (unpaired) electrons. The van der Waals surface area contributed by atoms with Gasteiger partial charge in [-0.25, -0.2) is 8.42 Å². The van der Waals surface area contributed by atoms with E-state index in [0.717, 1.165) is 33.7 Å². The normalized spacial score (nSPS) is 12.2. The van der Waals surface area contributed by atoms with Gasteiger partial charge in [-0.3, -0.25) is 13.9 Å². The highest BCUT2D eigenvalue weighted by Gasteiger charge is 2.30. The van der Waals surface area contributed by atoms with Crippen molar-refractivity contribution >= 4 is 39.1 Å². The zero-order valence-electron chi connectivity index (χ0n) is 19.8. The van der Waals surface area contributed by atoms with Crippen LogP contribution in [0.1, 0.15) is 37.0 Å². The Morgan fingerprint density at radius 3 is 2.27 bits per heavy atom. The fourth-order valence-corrected chi connectivity index (χ4v) is 4.48. The summed E-state index contributed by atoms with van der Waals surface area (Å²) in [6.07, 6.45) is 1.83. The molecule has 0 aliphatic heterocycles. The first-order chi connectivity index (χ1) is 15.4. The molecule has 2 amide bonds. The molecule has 0 bridgehead atoms. The van der Waals surface area contributed by atoms with Crippen molar-refractivity contribution in [2.75, 3.05) is 23.7 Å². The van der Waals surface area contributed by atoms with Crippen LogP contribution in [-0.4, -0.2) is 50.5 Å². The molecule has 2 aromatic carbocycles. The minimum absolute atomic E-state index is 0.140. The Hall–Kier alpha value is -2.58. The molecule has 0 unspecified atom stereocenters. The van der Waals surface area contributed by atoms with E-state index in [1.807, 2.05) is 19.9 Å². The highest BCUT2D eigenvalue weighted by molar-refractivity contribution is 7.92. The number of hydrogen-bond donors (Lipinski definition) is 1. The number of rotatable bonds is 10. The number of halogens is 1. The number of carbonyl (C=O) groups is 2. The fraction of sp³-hybridized carbons (Fsp3) is 0.417. The van der Waals surface area contributed by atoms with Crippen LogP contribution in [0.2, 0.25) is 5.02 Å². The molecule has 7 nitrogen and oxygen atoms in total. The molecule has 1 atom stereocenters. The van der Waals surface area contributed by atoms with Crippen LogP contribution in [0.5, 0.6) is 0 Å². The van der Waals surface area contributed by atoms with Gasteiger partial charge in [0.1, 0.15) is 12.6 Å². The Morgan fingerprint density at radius 2 is 1.73 bits per heavy atom. The summed E-state index contributed by atoms with van der Waals surface area (Å²) in [7, 11) is -3.75. The van der Waals surface area contributed by atoms with Gasteiger partial charge in [0.2, 0.25) is 21.8 Å². The molecule has 0 saturated heterocycles. The summed E-state index contributed by atoms with van der Waals surface area (Å²) in [5, 5.41) is 3.37. The van der Waals surface area contributed by atoms with Crippen molar-refractivity contribution in [2.45, 2.75) is 46.7 Å². The van der Waals surface area contributed by atoms with Crippen LogP contribution in [0, 0.1) is 13.8 Å². The summed E-state index contributed by atoms with van der Waals surface area (Å²) in [5.41, 5.74) is 2.94. The smallest absolute Gasteiger partial charge is 0.244 e. The molecule has 0 aromatic heterocycles. The predicted molar refractivity (Wildman–Crippen MR) is 133 cm³/mol. The average Bonchev–Trinajstić information content (AvgIpc) is 2.74. The van der Waals surface area contributed by atoms with Gasteiger partial charge >= 0.3 is 0 Å². The van der Waals surface area contributed by atoms with Gasteiger partial charge in [-0.1, -0.05) is 48.4 Å². The third kappa shape index (κ3) is 7.47. The van der Waals surface area contributed by atoms with Crippen molar-refractivity contribution in [2.24, 2.45) is 0 Å². The molecular weight excluding hydrogens is 462 g/mol. The SMILES string of the molecule is CCCNC(=O)[C@@H](C)N(Cc1ccc(Cl)cc1)C(=O)CN(c1ccc(C)cc1C)S(C)(=O)=O. The summed E-state index contributed by atoms with van der Waals surface area (Å²) in [6, 6.07) is 11.5. The highest BCUT2D eigenvalue weighted by Crippen LogP contribution is 2.24. The Labute approximate surface area is 201 Å². The van der Waals surface area contributed by atoms with Crippen LogP contribution in [0.4, 0.5) is 5.69 Å². The summed E-state index contributed by atoms with van der Waals surface area (Å²) in [5.74, 6) is -0.772. The Bertz CT molecular complexity index is 1090. The highest BCUT2D eigenvalue weighted by atomic mass is 35.5. The monoisotopic (exact) mass is 493 g/mol. The van der Waals surface area contributed by atoms with Crippen molar-refractivity contribution in [1.82, 2.24) is 10.2 Å². The lowest BCUT2D eigenvalue weighted by Gasteiger charge is -2.32. The number of sulfonamides is 1. The van der Waals surface area contributed by atoms with E-state index in [-0.39, 0.29) is 12.5 Å². The molecule has 0 aliphatic carbocycles. The summed E-state index contributed by atoms with van der Waals surface area (Å²) < 4.78 is 26.4. The average molecular weight is 494 g/mol. The minimum Gasteiger partial charge on any atom is -0.354 e. The van der Waals surface area contributed by atoms with E-state index in [4.69, 9.17) is 11.6 Å². The molecule has 0 spiro atoms. The Morgan fingerprint density at radius 1 is 1.09 bits per heavy atom. The maximum absolute atomic E-state index is 13.5. The fourth-order valence-electron chi connectivity index (χ4n) is 3.45. The molecule has 33 heavy (non-hydrogen) atoms. The van der Waals surface area contributed by atoms with Crippen molar-refractivity contribution < 1.29 is 18.0 Å². The first-order valence-corrected chi connectivity index (χ1v) is 13.0. The third-order valence-corrected chi connectivity index (χ3v) is 6.66. The molecule has 0 fully saturated rings. The Balaban J connectivity index is 2.39. The summed E-state index contributed by atoms with van der Waals surface area (Å²) in [6.45, 7) is 7.51. The van der Waals surface area contributed by atoms with Crippen molar-refractivity contribution in [1.29, 1.82) is 0 Å². The molecule has 1 N–H and O–H groups in total. The topological polar surface area (TPSA) is 86.8 Å². The van der Waals surface area contributed by atoms with Crippen molar-refractivity contribution in [3.63, 3.8) is 0 Å². The number of nitrogens with zero attached hydrogens (tertiary/aromatic N) is 2. The maximum atomic E-state index is 13.5. The number of aryl methyl sites for hydroxylation is 2.